The number of aromatic nitrogens is 1. The van der Waals surface area contributed by atoms with Gasteiger partial charge in [-0.25, -0.2) is 4.79 Å². The maximum atomic E-state index is 11.8. The average Bonchev–Trinajstić information content (AvgIpc) is 2.54. The van der Waals surface area contributed by atoms with Crippen molar-refractivity contribution in [2.24, 2.45) is 17.2 Å². The number of carbonyl (C=O) groups is 1. The van der Waals surface area contributed by atoms with Gasteiger partial charge in [0, 0.05) is 38.2 Å². The van der Waals surface area contributed by atoms with Gasteiger partial charge < -0.3 is 9.64 Å². The molecule has 0 aromatic carbocycles. The van der Waals surface area contributed by atoms with Crippen LogP contribution < -0.4 is 0 Å². The topological polar surface area (TPSA) is 81.1 Å². The van der Waals surface area contributed by atoms with E-state index in [0.29, 0.717) is 11.8 Å². The van der Waals surface area contributed by atoms with Crippen molar-refractivity contribution in [2.75, 3.05) is 27.2 Å². The van der Waals surface area contributed by atoms with Crippen molar-refractivity contribution in [1.82, 2.24) is 9.88 Å². The van der Waals surface area contributed by atoms with Crippen LogP contribution in [0.1, 0.15) is 35.3 Å². The molecule has 2 bridgehead atoms. The number of piperidine rings is 1. The van der Waals surface area contributed by atoms with Crippen LogP contribution in [-0.4, -0.2) is 43.1 Å². The smallest absolute Gasteiger partial charge is 0.369 e. The Bertz CT molecular complexity index is 593. The Balaban J connectivity index is 2.02. The van der Waals surface area contributed by atoms with Crippen LogP contribution in [0.2, 0.25) is 0 Å². The van der Waals surface area contributed by atoms with E-state index in [4.69, 9.17) is 4.74 Å². The monoisotopic (exact) mass is 319 g/mol. The summed E-state index contributed by atoms with van der Waals surface area (Å²) in [4.78, 5) is 33.0. The highest BCUT2D eigenvalue weighted by Gasteiger charge is 2.53. The van der Waals surface area contributed by atoms with Gasteiger partial charge in [-0.2, -0.15) is 0 Å². The van der Waals surface area contributed by atoms with Gasteiger partial charge in [0.05, 0.1) is 11.3 Å². The van der Waals surface area contributed by atoms with Gasteiger partial charge in [-0.3, -0.25) is 9.82 Å². The maximum absolute atomic E-state index is 11.8. The van der Waals surface area contributed by atoms with Gasteiger partial charge in [0.15, 0.2) is 5.34 Å². The van der Waals surface area contributed by atoms with E-state index < -0.39 is 11.6 Å². The molecule has 23 heavy (non-hydrogen) atoms. The standard InChI is InChI=1S/C16H21N3O4/c1-19-9-12-4-3-5-13(10-19)16(12,22-2)14-8-11(6-7-17-14)15(20)23-18-21/h6-8,12-13H,3-5,9-10H2,1-2H3/t12-,13+,16?. The van der Waals surface area contributed by atoms with E-state index >= 15 is 0 Å². The molecule has 1 aliphatic carbocycles. The average molecular weight is 319 g/mol. The lowest BCUT2D eigenvalue weighted by Crippen LogP contribution is -2.58. The second-order valence-corrected chi connectivity index (χ2v) is 6.43. The first-order chi connectivity index (χ1) is 11.1. The van der Waals surface area contributed by atoms with Crippen LogP contribution in [0, 0.1) is 16.7 Å². The summed E-state index contributed by atoms with van der Waals surface area (Å²) in [5.74, 6) is -0.117. The summed E-state index contributed by atoms with van der Waals surface area (Å²) in [7, 11) is 3.85. The SMILES string of the molecule is COC1(c2cc(C(=O)ON=O)ccn2)[C@@H]2CCC[C@H]1CN(C)C2. The maximum Gasteiger partial charge on any atom is 0.369 e. The Morgan fingerprint density at radius 1 is 1.39 bits per heavy atom. The fourth-order valence-corrected chi connectivity index (χ4v) is 4.37. The zero-order chi connectivity index (χ0) is 16.4. The minimum atomic E-state index is -0.770. The Kier molecular flexibility index (Phi) is 4.41. The van der Waals surface area contributed by atoms with Crippen molar-refractivity contribution in [2.45, 2.75) is 24.9 Å². The molecule has 1 saturated carbocycles. The molecule has 1 aromatic heterocycles. The molecular weight excluding hydrogens is 298 g/mol. The molecule has 0 spiro atoms. The van der Waals surface area contributed by atoms with Crippen LogP contribution in [-0.2, 0) is 15.2 Å². The van der Waals surface area contributed by atoms with E-state index in [1.807, 2.05) is 0 Å². The van der Waals surface area contributed by atoms with E-state index in [1.54, 1.807) is 19.4 Å². The largest absolute Gasteiger partial charge is 0.371 e. The number of fused-ring (bicyclic) bond motifs is 2. The number of rotatable bonds is 4. The number of ether oxygens (including phenoxy) is 1. The molecule has 1 aromatic rings. The summed E-state index contributed by atoms with van der Waals surface area (Å²) in [6, 6.07) is 3.19. The zero-order valence-electron chi connectivity index (χ0n) is 13.4. The molecule has 1 unspecified atom stereocenters. The lowest BCUT2D eigenvalue weighted by Gasteiger charge is -2.54. The summed E-state index contributed by atoms with van der Waals surface area (Å²) >= 11 is 0. The Labute approximate surface area is 134 Å². The molecule has 2 fully saturated rings. The van der Waals surface area contributed by atoms with Crippen molar-refractivity contribution in [3.63, 3.8) is 0 Å². The number of pyridine rings is 1. The Hall–Kier alpha value is -1.86. The van der Waals surface area contributed by atoms with Gasteiger partial charge in [0.1, 0.15) is 5.60 Å². The summed E-state index contributed by atoms with van der Waals surface area (Å²) in [6.45, 7) is 1.88. The van der Waals surface area contributed by atoms with Crippen LogP contribution in [0.5, 0.6) is 0 Å². The van der Waals surface area contributed by atoms with Gasteiger partial charge in [-0.05, 0) is 32.0 Å². The second-order valence-electron chi connectivity index (χ2n) is 6.43. The van der Waals surface area contributed by atoms with Crippen LogP contribution in [0.15, 0.2) is 23.7 Å². The molecule has 124 valence electrons. The second kappa shape index (κ2) is 6.33. The fourth-order valence-electron chi connectivity index (χ4n) is 4.37. The van der Waals surface area contributed by atoms with Crippen molar-refractivity contribution in [3.05, 3.63) is 34.5 Å². The predicted molar refractivity (Wildman–Crippen MR) is 82.5 cm³/mol. The Morgan fingerprint density at radius 3 is 2.70 bits per heavy atom. The van der Waals surface area contributed by atoms with Crippen molar-refractivity contribution >= 4 is 5.97 Å². The van der Waals surface area contributed by atoms with E-state index in [9.17, 15) is 9.70 Å². The highest BCUT2D eigenvalue weighted by atomic mass is 16.7. The van der Waals surface area contributed by atoms with Crippen molar-refractivity contribution in [1.29, 1.82) is 0 Å². The lowest BCUT2D eigenvalue weighted by molar-refractivity contribution is -0.168. The minimum Gasteiger partial charge on any atom is -0.371 e. The summed E-state index contributed by atoms with van der Waals surface area (Å²) in [6.07, 6.45) is 4.89. The minimum absolute atomic E-state index is 0.267. The molecule has 1 saturated heterocycles. The van der Waals surface area contributed by atoms with Gasteiger partial charge in [-0.1, -0.05) is 6.42 Å². The van der Waals surface area contributed by atoms with E-state index in [-0.39, 0.29) is 5.56 Å². The molecule has 3 atom stereocenters. The third-order valence-electron chi connectivity index (χ3n) is 5.24. The zero-order valence-corrected chi connectivity index (χ0v) is 13.4. The van der Waals surface area contributed by atoms with Gasteiger partial charge >= 0.3 is 5.97 Å². The molecule has 1 aliphatic heterocycles. The molecule has 0 amide bonds. The number of hydrogen-bond acceptors (Lipinski definition) is 7. The highest BCUT2D eigenvalue weighted by Crippen LogP contribution is 2.50. The van der Waals surface area contributed by atoms with Crippen LogP contribution in [0.4, 0.5) is 0 Å². The molecule has 0 radical (unpaired) electrons. The van der Waals surface area contributed by atoms with Gasteiger partial charge in [0.2, 0.25) is 0 Å². The van der Waals surface area contributed by atoms with Crippen LogP contribution in [0.25, 0.3) is 0 Å². The van der Waals surface area contributed by atoms with Crippen molar-refractivity contribution < 1.29 is 14.4 Å². The molecule has 3 rings (SSSR count). The summed E-state index contributed by atoms with van der Waals surface area (Å²) in [5, 5.41) is 2.20. The first-order valence-electron chi connectivity index (χ1n) is 7.86. The van der Waals surface area contributed by atoms with Gasteiger partial charge in [-0.15, -0.1) is 4.91 Å². The van der Waals surface area contributed by atoms with Crippen LogP contribution in [0.3, 0.4) is 0 Å². The van der Waals surface area contributed by atoms with E-state index in [2.05, 4.69) is 27.1 Å². The summed E-state index contributed by atoms with van der Waals surface area (Å²) in [5.41, 5.74) is 0.515. The van der Waals surface area contributed by atoms with Crippen molar-refractivity contribution in [3.8, 4) is 0 Å². The first-order valence-corrected chi connectivity index (χ1v) is 7.86. The number of carbonyl (C=O) groups excluding carboxylic acids is 1. The van der Waals surface area contributed by atoms with Gasteiger partial charge in [0.25, 0.3) is 0 Å². The molecule has 7 nitrogen and oxygen atoms in total. The number of hydrogen-bond donors (Lipinski definition) is 0. The fraction of sp³-hybridized carbons (Fsp3) is 0.625. The first kappa shape index (κ1) is 16.0. The number of methoxy groups -OCH3 is 1. The quantitative estimate of drug-likeness (QED) is 0.624. The number of likely N-dealkylation sites (tertiary alicyclic amines) is 1. The summed E-state index contributed by atoms with van der Waals surface area (Å²) < 4.78 is 6.05. The molecule has 0 N–H and O–H groups in total. The number of nitrogens with zero attached hydrogens (tertiary/aromatic N) is 3. The lowest BCUT2D eigenvalue weighted by atomic mass is 9.63. The normalized spacial score (nSPS) is 30.7. The highest BCUT2D eigenvalue weighted by molar-refractivity contribution is 5.89. The molecule has 7 heteroatoms. The predicted octanol–water partition coefficient (Wildman–Crippen LogP) is 2.12. The molecule has 2 heterocycles. The Morgan fingerprint density at radius 2 is 2.09 bits per heavy atom. The van der Waals surface area contributed by atoms with E-state index in [0.717, 1.165) is 31.6 Å². The van der Waals surface area contributed by atoms with E-state index in [1.165, 1.54) is 12.5 Å². The molecule has 2 aliphatic rings. The third kappa shape index (κ3) is 2.64. The molecular formula is C16H21N3O4. The van der Waals surface area contributed by atoms with Crippen LogP contribution >= 0.6 is 0 Å². The third-order valence-corrected chi connectivity index (χ3v) is 5.24.